The number of hydrogen-bond acceptors (Lipinski definition) is 8. The van der Waals surface area contributed by atoms with Crippen LogP contribution in [0.1, 0.15) is 5.89 Å². The third-order valence-electron chi connectivity index (χ3n) is 3.93. The lowest BCUT2D eigenvalue weighted by atomic mass is 10.2. The zero-order chi connectivity index (χ0) is 17.3. The molecule has 1 N–H and O–H groups in total. The Morgan fingerprint density at radius 3 is 2.81 bits per heavy atom. The topological polar surface area (TPSA) is 103 Å². The Morgan fingerprint density at radius 1 is 0.962 bits per heavy atom. The number of rotatable bonds is 4. The molecule has 8 nitrogen and oxygen atoms in total. The maximum atomic E-state index is 5.88. The van der Waals surface area contributed by atoms with Crippen LogP contribution in [-0.4, -0.2) is 25.1 Å². The number of anilines is 1. The molecule has 26 heavy (non-hydrogen) atoms. The maximum absolute atomic E-state index is 5.88. The van der Waals surface area contributed by atoms with E-state index in [1.807, 2.05) is 42.5 Å². The van der Waals surface area contributed by atoms with Crippen LogP contribution in [0.4, 0.5) is 5.82 Å². The summed E-state index contributed by atoms with van der Waals surface area (Å²) < 4.78 is 11.2. The van der Waals surface area contributed by atoms with Crippen LogP contribution in [0, 0.1) is 0 Å². The van der Waals surface area contributed by atoms with Crippen LogP contribution in [-0.2, 0) is 6.54 Å². The minimum Gasteiger partial charge on any atom is -0.450 e. The first-order valence-corrected chi connectivity index (χ1v) is 7.98. The van der Waals surface area contributed by atoms with Gasteiger partial charge in [0.25, 0.3) is 0 Å². The normalized spacial score (nSPS) is 11.2. The van der Waals surface area contributed by atoms with Gasteiger partial charge in [0.2, 0.25) is 11.7 Å². The Hall–Kier alpha value is -3.81. The van der Waals surface area contributed by atoms with Gasteiger partial charge in [-0.3, -0.25) is 4.98 Å². The molecule has 0 fully saturated rings. The highest BCUT2D eigenvalue weighted by Crippen LogP contribution is 2.30. The van der Waals surface area contributed by atoms with Crippen molar-refractivity contribution in [3.63, 3.8) is 0 Å². The lowest BCUT2D eigenvalue weighted by Gasteiger charge is -2.01. The Morgan fingerprint density at radius 2 is 1.88 bits per heavy atom. The molecule has 0 saturated carbocycles. The van der Waals surface area contributed by atoms with Crippen molar-refractivity contribution < 1.29 is 8.94 Å². The molecular formula is C18H12N6O2. The quantitative estimate of drug-likeness (QED) is 0.529. The first kappa shape index (κ1) is 14.5. The summed E-state index contributed by atoms with van der Waals surface area (Å²) in [7, 11) is 0. The van der Waals surface area contributed by atoms with Crippen LogP contribution in [0.3, 0.4) is 0 Å². The molecule has 0 saturated heterocycles. The van der Waals surface area contributed by atoms with Crippen molar-refractivity contribution in [2.75, 3.05) is 5.32 Å². The Kier molecular flexibility index (Phi) is 3.31. The SMILES string of the molecule is c1ccc(-c2noc(CNc3ncnc4c3oc3ccccc34)n2)nc1. The minimum atomic E-state index is 0.309. The van der Waals surface area contributed by atoms with Gasteiger partial charge in [-0.05, 0) is 24.3 Å². The molecule has 5 rings (SSSR count). The van der Waals surface area contributed by atoms with Crippen molar-refractivity contribution in [3.05, 3.63) is 60.9 Å². The predicted molar refractivity (Wildman–Crippen MR) is 94.2 cm³/mol. The molecule has 1 aromatic carbocycles. The molecule has 4 aromatic heterocycles. The summed E-state index contributed by atoms with van der Waals surface area (Å²) in [4.78, 5) is 17.1. The number of pyridine rings is 1. The molecule has 0 unspecified atom stereocenters. The van der Waals surface area contributed by atoms with Crippen LogP contribution in [0.25, 0.3) is 33.6 Å². The van der Waals surface area contributed by atoms with Gasteiger partial charge in [0, 0.05) is 11.6 Å². The molecule has 126 valence electrons. The molecule has 0 aliphatic heterocycles. The third-order valence-corrected chi connectivity index (χ3v) is 3.93. The number of aromatic nitrogens is 5. The van der Waals surface area contributed by atoms with Gasteiger partial charge < -0.3 is 14.3 Å². The fourth-order valence-electron chi connectivity index (χ4n) is 2.73. The average molecular weight is 344 g/mol. The summed E-state index contributed by atoms with van der Waals surface area (Å²) >= 11 is 0. The largest absolute Gasteiger partial charge is 0.450 e. The number of para-hydroxylation sites is 1. The fourth-order valence-corrected chi connectivity index (χ4v) is 2.73. The fraction of sp³-hybridized carbons (Fsp3) is 0.0556. The molecule has 0 bridgehead atoms. The zero-order valence-electron chi connectivity index (χ0n) is 13.5. The van der Waals surface area contributed by atoms with Crippen LogP contribution in [0.15, 0.2) is 63.9 Å². The number of nitrogens with zero attached hydrogens (tertiary/aromatic N) is 5. The van der Waals surface area contributed by atoms with Gasteiger partial charge in [-0.1, -0.05) is 23.4 Å². The van der Waals surface area contributed by atoms with E-state index >= 15 is 0 Å². The van der Waals surface area contributed by atoms with E-state index in [0.717, 1.165) is 16.5 Å². The Labute approximate surface area is 146 Å². The highest BCUT2D eigenvalue weighted by Gasteiger charge is 2.14. The Bertz CT molecular complexity index is 1200. The van der Waals surface area contributed by atoms with Gasteiger partial charge in [-0.15, -0.1) is 0 Å². The maximum Gasteiger partial charge on any atom is 0.246 e. The number of fused-ring (bicyclic) bond motifs is 3. The first-order valence-electron chi connectivity index (χ1n) is 7.98. The summed E-state index contributed by atoms with van der Waals surface area (Å²) in [5.74, 6) is 1.44. The summed E-state index contributed by atoms with van der Waals surface area (Å²) in [6.45, 7) is 0.309. The molecule has 4 heterocycles. The molecule has 0 radical (unpaired) electrons. The molecule has 0 atom stereocenters. The van der Waals surface area contributed by atoms with E-state index in [1.54, 1.807) is 6.20 Å². The second-order valence-corrected chi connectivity index (χ2v) is 5.58. The number of benzene rings is 1. The van der Waals surface area contributed by atoms with E-state index in [2.05, 4.69) is 30.4 Å². The van der Waals surface area contributed by atoms with E-state index in [-0.39, 0.29) is 0 Å². The standard InChI is InChI=1S/C18H12N6O2/c1-2-7-13-11(5-1)15-16(25-13)18(22-10-21-15)20-9-14-23-17(24-26-14)12-6-3-4-8-19-12/h1-8,10H,9H2,(H,20,21,22). The van der Waals surface area contributed by atoms with Gasteiger partial charge in [0.05, 0.1) is 6.54 Å². The molecule has 0 amide bonds. The zero-order valence-corrected chi connectivity index (χ0v) is 13.5. The Balaban J connectivity index is 1.43. The van der Waals surface area contributed by atoms with E-state index in [4.69, 9.17) is 8.94 Å². The van der Waals surface area contributed by atoms with Gasteiger partial charge >= 0.3 is 0 Å². The molecule has 0 aliphatic carbocycles. The summed E-state index contributed by atoms with van der Waals surface area (Å²) in [5.41, 5.74) is 2.78. The van der Waals surface area contributed by atoms with E-state index in [0.29, 0.717) is 35.4 Å². The van der Waals surface area contributed by atoms with Crippen molar-refractivity contribution in [2.45, 2.75) is 6.54 Å². The number of furan rings is 1. The van der Waals surface area contributed by atoms with Crippen molar-refractivity contribution in [1.29, 1.82) is 0 Å². The lowest BCUT2D eigenvalue weighted by Crippen LogP contribution is -2.02. The van der Waals surface area contributed by atoms with Crippen molar-refractivity contribution in [2.24, 2.45) is 0 Å². The second kappa shape index (κ2) is 5.92. The predicted octanol–water partition coefficient (Wildman–Crippen LogP) is 3.43. The van der Waals surface area contributed by atoms with E-state index < -0.39 is 0 Å². The second-order valence-electron chi connectivity index (χ2n) is 5.58. The van der Waals surface area contributed by atoms with Crippen LogP contribution in [0.5, 0.6) is 0 Å². The highest BCUT2D eigenvalue weighted by atomic mass is 16.5. The van der Waals surface area contributed by atoms with Crippen molar-refractivity contribution >= 4 is 27.9 Å². The van der Waals surface area contributed by atoms with Gasteiger partial charge in [0.1, 0.15) is 23.1 Å². The average Bonchev–Trinajstić information content (AvgIpc) is 3.32. The lowest BCUT2D eigenvalue weighted by molar-refractivity contribution is 0.384. The molecule has 8 heteroatoms. The molecular weight excluding hydrogens is 332 g/mol. The molecule has 0 aliphatic rings. The number of nitrogens with one attached hydrogen (secondary N) is 1. The van der Waals surface area contributed by atoms with Crippen LogP contribution < -0.4 is 5.32 Å². The van der Waals surface area contributed by atoms with Crippen molar-refractivity contribution in [3.8, 4) is 11.5 Å². The first-order chi connectivity index (χ1) is 12.9. The summed E-state index contributed by atoms with van der Waals surface area (Å²) in [6.07, 6.45) is 3.18. The van der Waals surface area contributed by atoms with Gasteiger partial charge in [-0.25, -0.2) is 9.97 Å². The third kappa shape index (κ3) is 2.44. The molecule has 0 spiro atoms. The van der Waals surface area contributed by atoms with Gasteiger partial charge in [-0.2, -0.15) is 4.98 Å². The van der Waals surface area contributed by atoms with Crippen molar-refractivity contribution in [1.82, 2.24) is 25.1 Å². The smallest absolute Gasteiger partial charge is 0.246 e. The van der Waals surface area contributed by atoms with Gasteiger partial charge in [0.15, 0.2) is 11.4 Å². The van der Waals surface area contributed by atoms with Crippen LogP contribution in [0.2, 0.25) is 0 Å². The van der Waals surface area contributed by atoms with E-state index in [9.17, 15) is 0 Å². The monoisotopic (exact) mass is 344 g/mol. The van der Waals surface area contributed by atoms with E-state index in [1.165, 1.54) is 6.33 Å². The highest BCUT2D eigenvalue weighted by molar-refractivity contribution is 6.05. The summed E-state index contributed by atoms with van der Waals surface area (Å²) in [6, 6.07) is 13.3. The van der Waals surface area contributed by atoms with Crippen LogP contribution >= 0.6 is 0 Å². The minimum absolute atomic E-state index is 0.309. The summed E-state index contributed by atoms with van der Waals surface area (Å²) in [5, 5.41) is 8.07. The number of hydrogen-bond donors (Lipinski definition) is 1. The molecule has 5 aromatic rings.